The highest BCUT2D eigenvalue weighted by atomic mass is 16.1. The number of piperazine rings is 1. The second-order valence-electron chi connectivity index (χ2n) is 8.59. The summed E-state index contributed by atoms with van der Waals surface area (Å²) in [5, 5.41) is 3.39. The SMILES string of the molecule is Cc1ccc(Nc2cc(N3CCN(C)CC3)c(N)c3c2C(=O)c2ccccc2C3=O)cc1. The third-order valence-corrected chi connectivity index (χ3v) is 6.39. The molecule has 0 spiro atoms. The molecule has 0 aromatic heterocycles. The van der Waals surface area contributed by atoms with Crippen molar-refractivity contribution in [2.75, 3.05) is 49.2 Å². The third-order valence-electron chi connectivity index (χ3n) is 6.39. The van der Waals surface area contributed by atoms with Crippen LogP contribution in [-0.2, 0) is 0 Å². The Labute approximate surface area is 187 Å². The van der Waals surface area contributed by atoms with Crippen LogP contribution in [0.5, 0.6) is 0 Å². The number of nitrogens with one attached hydrogen (secondary N) is 1. The number of likely N-dealkylation sites (N-methyl/N-ethyl adjacent to an activating group) is 1. The van der Waals surface area contributed by atoms with Crippen molar-refractivity contribution in [3.63, 3.8) is 0 Å². The van der Waals surface area contributed by atoms with Crippen molar-refractivity contribution >= 4 is 34.3 Å². The van der Waals surface area contributed by atoms with Gasteiger partial charge in [-0.15, -0.1) is 0 Å². The largest absolute Gasteiger partial charge is 0.396 e. The summed E-state index contributed by atoms with van der Waals surface area (Å²) in [4.78, 5) is 31.5. The fraction of sp³-hybridized carbons (Fsp3) is 0.231. The lowest BCUT2D eigenvalue weighted by molar-refractivity contribution is 0.0980. The van der Waals surface area contributed by atoms with Gasteiger partial charge in [0.1, 0.15) is 0 Å². The van der Waals surface area contributed by atoms with E-state index in [4.69, 9.17) is 5.73 Å². The van der Waals surface area contributed by atoms with Crippen LogP contribution in [0.25, 0.3) is 0 Å². The van der Waals surface area contributed by atoms with Crippen LogP contribution in [0, 0.1) is 6.92 Å². The molecule has 0 amide bonds. The van der Waals surface area contributed by atoms with Gasteiger partial charge in [-0.1, -0.05) is 42.0 Å². The van der Waals surface area contributed by atoms with Crippen molar-refractivity contribution in [2.24, 2.45) is 0 Å². The summed E-state index contributed by atoms with van der Waals surface area (Å²) in [6.07, 6.45) is 0. The van der Waals surface area contributed by atoms with E-state index in [1.807, 2.05) is 37.3 Å². The van der Waals surface area contributed by atoms with E-state index in [9.17, 15) is 9.59 Å². The van der Waals surface area contributed by atoms with Gasteiger partial charge in [-0.25, -0.2) is 0 Å². The number of nitrogens with zero attached hydrogens (tertiary/aromatic N) is 2. The molecule has 1 saturated heterocycles. The van der Waals surface area contributed by atoms with Gasteiger partial charge in [-0.2, -0.15) is 0 Å². The summed E-state index contributed by atoms with van der Waals surface area (Å²) >= 11 is 0. The Morgan fingerprint density at radius 3 is 2.06 bits per heavy atom. The number of nitrogens with two attached hydrogens (primary N) is 1. The standard InChI is InChI=1S/C26H26N4O2/c1-16-7-9-17(10-8-16)28-20-15-21(30-13-11-29(2)12-14-30)24(27)23-22(20)25(31)18-5-3-4-6-19(18)26(23)32/h3-10,15,28H,11-14,27H2,1-2H3. The van der Waals surface area contributed by atoms with Gasteiger partial charge in [0.25, 0.3) is 0 Å². The first-order valence-corrected chi connectivity index (χ1v) is 10.9. The lowest BCUT2D eigenvalue weighted by Gasteiger charge is -2.36. The molecule has 1 heterocycles. The van der Waals surface area contributed by atoms with Gasteiger partial charge in [0.05, 0.1) is 28.2 Å². The van der Waals surface area contributed by atoms with Crippen LogP contribution in [0.2, 0.25) is 0 Å². The molecule has 0 saturated carbocycles. The number of anilines is 4. The van der Waals surface area contributed by atoms with Crippen LogP contribution < -0.4 is 16.0 Å². The summed E-state index contributed by atoms with van der Waals surface area (Å²) in [5.41, 5.74) is 11.9. The number of hydrogen-bond acceptors (Lipinski definition) is 6. The first-order chi connectivity index (χ1) is 15.4. The van der Waals surface area contributed by atoms with E-state index < -0.39 is 0 Å². The fourth-order valence-electron chi connectivity index (χ4n) is 4.50. The minimum atomic E-state index is -0.198. The summed E-state index contributed by atoms with van der Waals surface area (Å²) in [6, 6.07) is 16.9. The van der Waals surface area contributed by atoms with Gasteiger partial charge in [0, 0.05) is 43.0 Å². The van der Waals surface area contributed by atoms with Gasteiger partial charge in [-0.3, -0.25) is 9.59 Å². The number of carbonyl (C=O) groups excluding carboxylic acids is 2. The minimum Gasteiger partial charge on any atom is -0.396 e. The van der Waals surface area contributed by atoms with Gasteiger partial charge >= 0.3 is 0 Å². The molecule has 1 fully saturated rings. The number of carbonyl (C=O) groups is 2. The Morgan fingerprint density at radius 1 is 0.844 bits per heavy atom. The summed E-state index contributed by atoms with van der Waals surface area (Å²) < 4.78 is 0. The molecule has 3 aromatic rings. The Hall–Kier alpha value is -3.64. The van der Waals surface area contributed by atoms with Crippen molar-refractivity contribution in [1.82, 2.24) is 4.90 Å². The molecule has 0 atom stereocenters. The van der Waals surface area contributed by atoms with Crippen molar-refractivity contribution in [1.29, 1.82) is 0 Å². The second kappa shape index (κ2) is 7.80. The first-order valence-electron chi connectivity index (χ1n) is 10.9. The number of benzene rings is 3. The number of aryl methyl sites for hydroxylation is 1. The third kappa shape index (κ3) is 3.33. The van der Waals surface area contributed by atoms with Gasteiger partial charge in [-0.05, 0) is 32.2 Å². The normalized spacial score (nSPS) is 16.0. The molecule has 3 N–H and O–H groups in total. The lowest BCUT2D eigenvalue weighted by Crippen LogP contribution is -2.45. The molecule has 1 aliphatic carbocycles. The summed E-state index contributed by atoms with van der Waals surface area (Å²) in [6.45, 7) is 5.46. The Kier molecular flexibility index (Phi) is 4.94. The maximum Gasteiger partial charge on any atom is 0.196 e. The Morgan fingerprint density at radius 2 is 1.44 bits per heavy atom. The van der Waals surface area contributed by atoms with E-state index in [0.29, 0.717) is 33.6 Å². The lowest BCUT2D eigenvalue weighted by atomic mass is 9.81. The number of nitrogen functional groups attached to an aromatic ring is 1. The van der Waals surface area contributed by atoms with Crippen molar-refractivity contribution in [2.45, 2.75) is 6.92 Å². The van der Waals surface area contributed by atoms with Crippen molar-refractivity contribution < 1.29 is 9.59 Å². The van der Waals surface area contributed by atoms with Crippen LogP contribution >= 0.6 is 0 Å². The molecule has 1 aliphatic heterocycles. The quantitative estimate of drug-likeness (QED) is 0.485. The number of hydrogen-bond donors (Lipinski definition) is 2. The van der Waals surface area contributed by atoms with E-state index in [-0.39, 0.29) is 11.6 Å². The van der Waals surface area contributed by atoms with Crippen molar-refractivity contribution in [3.05, 3.63) is 82.4 Å². The molecule has 32 heavy (non-hydrogen) atoms. The molecule has 3 aromatic carbocycles. The molecule has 0 radical (unpaired) electrons. The Bertz CT molecular complexity index is 1230. The van der Waals surface area contributed by atoms with Crippen LogP contribution in [0.1, 0.15) is 37.4 Å². The minimum absolute atomic E-state index is 0.179. The van der Waals surface area contributed by atoms with E-state index in [1.54, 1.807) is 24.3 Å². The van der Waals surface area contributed by atoms with Crippen LogP contribution in [-0.4, -0.2) is 49.7 Å². The van der Waals surface area contributed by atoms with Crippen LogP contribution in [0.4, 0.5) is 22.7 Å². The van der Waals surface area contributed by atoms with Crippen LogP contribution in [0.3, 0.4) is 0 Å². The maximum absolute atomic E-state index is 13.5. The molecule has 0 unspecified atom stereocenters. The highest BCUT2D eigenvalue weighted by Gasteiger charge is 2.35. The van der Waals surface area contributed by atoms with E-state index in [0.717, 1.165) is 43.1 Å². The van der Waals surface area contributed by atoms with Crippen LogP contribution in [0.15, 0.2) is 54.6 Å². The zero-order valence-corrected chi connectivity index (χ0v) is 18.3. The predicted molar refractivity (Wildman–Crippen MR) is 128 cm³/mol. The van der Waals surface area contributed by atoms with Gasteiger partial charge in [0.2, 0.25) is 0 Å². The highest BCUT2D eigenvalue weighted by Crippen LogP contribution is 2.42. The summed E-state index contributed by atoms with van der Waals surface area (Å²) in [7, 11) is 2.09. The molecular weight excluding hydrogens is 400 g/mol. The molecule has 2 aliphatic rings. The topological polar surface area (TPSA) is 78.7 Å². The van der Waals surface area contributed by atoms with Gasteiger partial charge in [0.15, 0.2) is 11.6 Å². The second-order valence-corrected chi connectivity index (χ2v) is 8.59. The number of rotatable bonds is 3. The average molecular weight is 427 g/mol. The Balaban J connectivity index is 1.69. The highest BCUT2D eigenvalue weighted by molar-refractivity contribution is 6.32. The van der Waals surface area contributed by atoms with E-state index in [1.165, 1.54) is 0 Å². The zero-order valence-electron chi connectivity index (χ0n) is 18.3. The number of fused-ring (bicyclic) bond motifs is 2. The number of ketones is 2. The first kappa shape index (κ1) is 20.3. The molecule has 0 bridgehead atoms. The molecule has 5 rings (SSSR count). The smallest absolute Gasteiger partial charge is 0.196 e. The monoisotopic (exact) mass is 426 g/mol. The molecule has 6 heteroatoms. The predicted octanol–water partition coefficient (Wildman–Crippen LogP) is 3.85. The van der Waals surface area contributed by atoms with Crippen molar-refractivity contribution in [3.8, 4) is 0 Å². The zero-order chi connectivity index (χ0) is 22.4. The maximum atomic E-state index is 13.5. The average Bonchev–Trinajstić information content (AvgIpc) is 2.80. The molecule has 6 nitrogen and oxygen atoms in total. The molecular formula is C26H26N4O2. The van der Waals surface area contributed by atoms with E-state index in [2.05, 4.69) is 22.2 Å². The summed E-state index contributed by atoms with van der Waals surface area (Å²) in [5.74, 6) is -0.378. The van der Waals surface area contributed by atoms with Gasteiger partial charge < -0.3 is 20.9 Å². The van der Waals surface area contributed by atoms with E-state index >= 15 is 0 Å². The fourth-order valence-corrected chi connectivity index (χ4v) is 4.50. The molecule has 162 valence electrons.